The predicted octanol–water partition coefficient (Wildman–Crippen LogP) is 4.09. The van der Waals surface area contributed by atoms with Crippen LogP contribution in [0.5, 0.6) is 0 Å². The zero-order chi connectivity index (χ0) is 9.03. The van der Waals surface area contributed by atoms with E-state index in [4.69, 9.17) is 0 Å². The van der Waals surface area contributed by atoms with Gasteiger partial charge in [0.25, 0.3) is 0 Å². The van der Waals surface area contributed by atoms with E-state index >= 15 is 0 Å². The smallest absolute Gasteiger partial charge is 0.00811 e. The highest BCUT2D eigenvalue weighted by atomic mass is 14.3. The van der Waals surface area contributed by atoms with Crippen LogP contribution in [0.3, 0.4) is 0 Å². The summed E-state index contributed by atoms with van der Waals surface area (Å²) < 4.78 is 0. The number of rotatable bonds is 4. The van der Waals surface area contributed by atoms with Crippen molar-refractivity contribution < 1.29 is 0 Å². The second-order valence-electron chi connectivity index (χ2n) is 3.96. The zero-order valence-corrected chi connectivity index (χ0v) is 8.56. The van der Waals surface area contributed by atoms with E-state index in [1.54, 1.807) is 5.57 Å². The Hall–Kier alpha value is -0.520. The third-order valence-corrected chi connectivity index (χ3v) is 3.05. The number of allylic oxidation sites excluding steroid dienone is 4. The van der Waals surface area contributed by atoms with Crippen molar-refractivity contribution in [3.63, 3.8) is 0 Å². The van der Waals surface area contributed by atoms with Gasteiger partial charge in [-0.2, -0.15) is 0 Å². The molecule has 1 rings (SSSR count). The molecule has 0 fully saturated rings. The maximum atomic E-state index is 2.39. The van der Waals surface area contributed by atoms with E-state index in [1.165, 1.54) is 19.3 Å². The van der Waals surface area contributed by atoms with Crippen LogP contribution in [0.15, 0.2) is 23.8 Å². The van der Waals surface area contributed by atoms with Crippen molar-refractivity contribution in [1.29, 1.82) is 0 Å². The summed E-state index contributed by atoms with van der Waals surface area (Å²) in [5.74, 6) is 0. The van der Waals surface area contributed by atoms with E-state index in [0.29, 0.717) is 5.41 Å². The molecule has 0 saturated carbocycles. The molecule has 0 nitrogen and oxygen atoms in total. The lowest BCUT2D eigenvalue weighted by Gasteiger charge is -2.28. The lowest BCUT2D eigenvalue weighted by atomic mass is 9.76. The molecule has 0 amide bonds. The van der Waals surface area contributed by atoms with Gasteiger partial charge in [-0.3, -0.25) is 0 Å². The van der Waals surface area contributed by atoms with Crippen LogP contribution in [-0.4, -0.2) is 0 Å². The van der Waals surface area contributed by atoms with Crippen molar-refractivity contribution in [3.8, 4) is 0 Å². The largest absolute Gasteiger partial charge is 0.0804 e. The van der Waals surface area contributed by atoms with E-state index in [1.807, 2.05) is 0 Å². The summed E-state index contributed by atoms with van der Waals surface area (Å²) in [6.45, 7) is 6.95. The molecule has 0 aromatic heterocycles. The summed E-state index contributed by atoms with van der Waals surface area (Å²) in [6.07, 6.45) is 12.0. The maximum Gasteiger partial charge on any atom is -0.00811 e. The lowest BCUT2D eigenvalue weighted by molar-refractivity contribution is 0.355. The molecule has 0 saturated heterocycles. The Kier molecular flexibility index (Phi) is 3.13. The van der Waals surface area contributed by atoms with E-state index in [0.717, 1.165) is 6.42 Å². The van der Waals surface area contributed by atoms with Gasteiger partial charge in [-0.1, -0.05) is 45.4 Å². The summed E-state index contributed by atoms with van der Waals surface area (Å²) in [4.78, 5) is 0. The molecule has 0 aliphatic heterocycles. The van der Waals surface area contributed by atoms with Gasteiger partial charge in [0, 0.05) is 0 Å². The van der Waals surface area contributed by atoms with Crippen molar-refractivity contribution in [2.75, 3.05) is 0 Å². The van der Waals surface area contributed by atoms with Gasteiger partial charge in [0.15, 0.2) is 0 Å². The first-order valence-electron chi connectivity index (χ1n) is 5.10. The van der Waals surface area contributed by atoms with Crippen molar-refractivity contribution in [2.45, 2.75) is 46.5 Å². The normalized spacial score (nSPS) is 20.8. The zero-order valence-electron chi connectivity index (χ0n) is 8.56. The Balaban J connectivity index is 2.71. The van der Waals surface area contributed by atoms with Gasteiger partial charge in [-0.15, -0.1) is 0 Å². The molecule has 0 heteroatoms. The average Bonchev–Trinajstić information content (AvgIpc) is 2.57. The Morgan fingerprint density at radius 3 is 2.58 bits per heavy atom. The number of hydrogen-bond donors (Lipinski definition) is 0. The van der Waals surface area contributed by atoms with E-state index in [9.17, 15) is 0 Å². The fourth-order valence-corrected chi connectivity index (χ4v) is 1.98. The highest BCUT2D eigenvalue weighted by Crippen LogP contribution is 2.38. The summed E-state index contributed by atoms with van der Waals surface area (Å²) >= 11 is 0. The second-order valence-corrected chi connectivity index (χ2v) is 3.96. The van der Waals surface area contributed by atoms with Crippen molar-refractivity contribution in [1.82, 2.24) is 0 Å². The van der Waals surface area contributed by atoms with Gasteiger partial charge in [0.1, 0.15) is 0 Å². The number of hydrogen-bond acceptors (Lipinski definition) is 0. The first-order chi connectivity index (χ1) is 5.73. The molecule has 1 aliphatic carbocycles. The Morgan fingerprint density at radius 1 is 1.42 bits per heavy atom. The molecule has 0 aromatic rings. The molecule has 1 aliphatic rings. The van der Waals surface area contributed by atoms with Gasteiger partial charge in [0.05, 0.1) is 0 Å². The summed E-state index contributed by atoms with van der Waals surface area (Å²) in [5, 5.41) is 0. The van der Waals surface area contributed by atoms with Crippen LogP contribution in [-0.2, 0) is 0 Å². The predicted molar refractivity (Wildman–Crippen MR) is 55.1 cm³/mol. The molecule has 1 atom stereocenters. The van der Waals surface area contributed by atoms with Crippen LogP contribution in [0.2, 0.25) is 0 Å². The van der Waals surface area contributed by atoms with Crippen LogP contribution in [0, 0.1) is 5.41 Å². The summed E-state index contributed by atoms with van der Waals surface area (Å²) in [6, 6.07) is 0. The fourth-order valence-electron chi connectivity index (χ4n) is 1.98. The molecule has 0 N–H and O–H groups in total. The van der Waals surface area contributed by atoms with Crippen LogP contribution in [0.1, 0.15) is 46.5 Å². The van der Waals surface area contributed by atoms with Crippen LogP contribution in [0.25, 0.3) is 0 Å². The van der Waals surface area contributed by atoms with Crippen LogP contribution in [0.4, 0.5) is 0 Å². The standard InChI is InChI=1S/C12H20/c1-4-10-12(3,5-2)11-8-6-7-9-11/h6,8-9H,4-5,7,10H2,1-3H3. The monoisotopic (exact) mass is 164 g/mol. The van der Waals surface area contributed by atoms with Gasteiger partial charge < -0.3 is 0 Å². The topological polar surface area (TPSA) is 0 Å². The molecule has 0 radical (unpaired) electrons. The van der Waals surface area contributed by atoms with Gasteiger partial charge in [0.2, 0.25) is 0 Å². The van der Waals surface area contributed by atoms with Gasteiger partial charge in [-0.25, -0.2) is 0 Å². The quantitative estimate of drug-likeness (QED) is 0.587. The second kappa shape index (κ2) is 3.93. The van der Waals surface area contributed by atoms with E-state index < -0.39 is 0 Å². The molecule has 1 unspecified atom stereocenters. The first-order valence-corrected chi connectivity index (χ1v) is 5.10. The molecular formula is C12H20. The average molecular weight is 164 g/mol. The first kappa shape index (κ1) is 9.57. The van der Waals surface area contributed by atoms with E-state index in [-0.39, 0.29) is 0 Å². The molecule has 68 valence electrons. The van der Waals surface area contributed by atoms with Gasteiger partial charge in [-0.05, 0) is 30.3 Å². The minimum atomic E-state index is 0.446. The van der Waals surface area contributed by atoms with Crippen molar-refractivity contribution in [2.24, 2.45) is 5.41 Å². The van der Waals surface area contributed by atoms with Crippen LogP contribution >= 0.6 is 0 Å². The summed E-state index contributed by atoms with van der Waals surface area (Å²) in [7, 11) is 0. The third-order valence-electron chi connectivity index (χ3n) is 3.05. The Bertz CT molecular complexity index is 198. The molecular weight excluding hydrogens is 144 g/mol. The van der Waals surface area contributed by atoms with Gasteiger partial charge >= 0.3 is 0 Å². The maximum absolute atomic E-state index is 2.39. The fraction of sp³-hybridized carbons (Fsp3) is 0.667. The lowest BCUT2D eigenvalue weighted by Crippen LogP contribution is -2.16. The molecule has 0 spiro atoms. The highest BCUT2D eigenvalue weighted by Gasteiger charge is 2.24. The molecule has 0 bridgehead atoms. The minimum absolute atomic E-state index is 0.446. The molecule has 0 heterocycles. The SMILES string of the molecule is CCCC(C)(CC)C1=CCC=C1. The Labute approximate surface area is 76.4 Å². The molecule has 12 heavy (non-hydrogen) atoms. The Morgan fingerprint density at radius 2 is 2.17 bits per heavy atom. The van der Waals surface area contributed by atoms with E-state index in [2.05, 4.69) is 39.0 Å². The minimum Gasteiger partial charge on any atom is -0.0804 e. The van der Waals surface area contributed by atoms with Crippen LogP contribution < -0.4 is 0 Å². The summed E-state index contributed by atoms with van der Waals surface area (Å²) in [5.41, 5.74) is 2.01. The molecule has 0 aromatic carbocycles. The third kappa shape index (κ3) is 1.80. The van der Waals surface area contributed by atoms with Crippen molar-refractivity contribution in [3.05, 3.63) is 23.8 Å². The van der Waals surface area contributed by atoms with Crippen molar-refractivity contribution >= 4 is 0 Å². The highest BCUT2D eigenvalue weighted by molar-refractivity contribution is 5.31.